The van der Waals surface area contributed by atoms with E-state index in [9.17, 15) is 24.9 Å². The van der Waals surface area contributed by atoms with Gasteiger partial charge in [0.15, 0.2) is 0 Å². The molecule has 0 spiro atoms. The van der Waals surface area contributed by atoms with Crippen molar-refractivity contribution in [1.82, 2.24) is 0 Å². The summed E-state index contributed by atoms with van der Waals surface area (Å²) >= 11 is 0. The van der Waals surface area contributed by atoms with E-state index >= 15 is 0 Å². The fourth-order valence-corrected chi connectivity index (χ4v) is 4.15. The Morgan fingerprint density at radius 2 is 1.88 bits per heavy atom. The van der Waals surface area contributed by atoms with Gasteiger partial charge in [0.25, 0.3) is 0 Å². The summed E-state index contributed by atoms with van der Waals surface area (Å²) in [7, 11) is 1.17. The minimum Gasteiger partial charge on any atom is -0.508 e. The number of ether oxygens (including phenoxy) is 3. The van der Waals surface area contributed by atoms with Crippen LogP contribution in [-0.4, -0.2) is 51.7 Å². The van der Waals surface area contributed by atoms with E-state index in [2.05, 4.69) is 0 Å². The molecule has 168 valence electrons. The van der Waals surface area contributed by atoms with E-state index in [1.54, 1.807) is 26.0 Å². The first-order valence-electron chi connectivity index (χ1n) is 10.1. The molecule has 2 aromatic carbocycles. The van der Waals surface area contributed by atoms with Crippen LogP contribution in [0.3, 0.4) is 0 Å². The number of rotatable bonds is 5. The molecule has 0 aromatic heterocycles. The number of aliphatic hydroxyl groups excluding tert-OH is 1. The number of phenolic OH excluding ortho intramolecular Hbond substituents is 1. The summed E-state index contributed by atoms with van der Waals surface area (Å²) in [5.74, 6) is -1.95. The normalized spacial score (nSPS) is 22.4. The van der Waals surface area contributed by atoms with Crippen molar-refractivity contribution >= 4 is 17.5 Å². The van der Waals surface area contributed by atoms with Gasteiger partial charge in [0, 0.05) is 12.8 Å². The molecule has 2 aliphatic heterocycles. The molecular weight excluding hydrogens is 416 g/mol. The molecule has 0 bridgehead atoms. The van der Waals surface area contributed by atoms with Gasteiger partial charge in [0.1, 0.15) is 17.6 Å². The second-order valence-corrected chi connectivity index (χ2v) is 8.56. The van der Waals surface area contributed by atoms with Gasteiger partial charge in [-0.2, -0.15) is 0 Å². The number of methoxy groups -OCH3 is 1. The third kappa shape index (κ3) is 3.56. The topological polar surface area (TPSA) is 123 Å². The lowest BCUT2D eigenvalue weighted by atomic mass is 9.83. The van der Waals surface area contributed by atoms with Gasteiger partial charge in [-0.25, -0.2) is 9.59 Å². The van der Waals surface area contributed by atoms with Crippen molar-refractivity contribution in [3.8, 4) is 11.5 Å². The van der Waals surface area contributed by atoms with Gasteiger partial charge in [0.2, 0.25) is 11.4 Å². The maximum atomic E-state index is 12.9. The van der Waals surface area contributed by atoms with Gasteiger partial charge in [-0.15, -0.1) is 0 Å². The second kappa shape index (κ2) is 7.56. The van der Waals surface area contributed by atoms with E-state index in [-0.39, 0.29) is 17.7 Å². The maximum Gasteiger partial charge on any atom is 0.375 e. The molecular formula is C24H24O8. The van der Waals surface area contributed by atoms with E-state index in [0.717, 1.165) is 5.56 Å². The van der Waals surface area contributed by atoms with Gasteiger partial charge in [-0.05, 0) is 48.7 Å². The highest BCUT2D eigenvalue weighted by molar-refractivity contribution is 6.11. The lowest BCUT2D eigenvalue weighted by Crippen LogP contribution is -2.44. The number of aromatic hydroxyl groups is 1. The Bertz CT molecular complexity index is 1110. The Labute approximate surface area is 184 Å². The van der Waals surface area contributed by atoms with E-state index < -0.39 is 35.0 Å². The summed E-state index contributed by atoms with van der Waals surface area (Å²) in [6.45, 7) is 3.35. The molecule has 2 atom stereocenters. The van der Waals surface area contributed by atoms with Gasteiger partial charge in [0.05, 0.1) is 18.3 Å². The van der Waals surface area contributed by atoms with Crippen LogP contribution in [0.2, 0.25) is 0 Å². The number of benzene rings is 2. The molecule has 8 heteroatoms. The predicted molar refractivity (Wildman–Crippen MR) is 113 cm³/mol. The smallest absolute Gasteiger partial charge is 0.375 e. The third-order valence-corrected chi connectivity index (χ3v) is 5.81. The molecule has 0 aliphatic carbocycles. The Morgan fingerprint density at radius 1 is 1.19 bits per heavy atom. The maximum absolute atomic E-state index is 12.9. The number of aliphatic hydroxyl groups is 2. The summed E-state index contributed by atoms with van der Waals surface area (Å²) in [5, 5.41) is 30.4. The number of carbonyl (C=O) groups excluding carboxylic acids is 2. The van der Waals surface area contributed by atoms with Gasteiger partial charge in [-0.3, -0.25) is 0 Å². The zero-order valence-electron chi connectivity index (χ0n) is 17.9. The Balaban J connectivity index is 1.75. The fourth-order valence-electron chi connectivity index (χ4n) is 4.15. The van der Waals surface area contributed by atoms with E-state index in [1.165, 1.54) is 31.4 Å². The average molecular weight is 440 g/mol. The number of hydrogen-bond acceptors (Lipinski definition) is 8. The lowest BCUT2D eigenvalue weighted by Gasteiger charge is -2.28. The van der Waals surface area contributed by atoms with Crippen LogP contribution in [0.25, 0.3) is 5.57 Å². The van der Waals surface area contributed by atoms with Crippen LogP contribution < -0.4 is 4.74 Å². The van der Waals surface area contributed by atoms with Crippen molar-refractivity contribution in [3.05, 3.63) is 64.9 Å². The molecule has 0 saturated carbocycles. The molecule has 3 N–H and O–H groups in total. The van der Waals surface area contributed by atoms with Crippen LogP contribution in [0.1, 0.15) is 30.5 Å². The number of carbonyl (C=O) groups is 2. The van der Waals surface area contributed by atoms with Crippen molar-refractivity contribution in [2.75, 3.05) is 7.11 Å². The molecule has 0 fully saturated rings. The summed E-state index contributed by atoms with van der Waals surface area (Å²) < 4.78 is 16.2. The SMILES string of the molecule is COC(=O)[C@]1(Cc2ccc3c(c2)C[C@H](C(C)(C)O)O3)OC(=O)C(O)=C1c1ccc(O)cc1. The molecule has 0 amide bonds. The minimum atomic E-state index is -1.91. The first kappa shape index (κ1) is 21.7. The first-order chi connectivity index (χ1) is 15.0. The van der Waals surface area contributed by atoms with Crippen molar-refractivity contribution in [3.63, 3.8) is 0 Å². The second-order valence-electron chi connectivity index (χ2n) is 8.56. The largest absolute Gasteiger partial charge is 0.508 e. The zero-order valence-corrected chi connectivity index (χ0v) is 17.9. The first-order valence-corrected chi connectivity index (χ1v) is 10.1. The number of cyclic esters (lactones) is 1. The zero-order chi connectivity index (χ0) is 23.3. The highest BCUT2D eigenvalue weighted by Gasteiger charge is 2.55. The Morgan fingerprint density at radius 3 is 2.50 bits per heavy atom. The summed E-state index contributed by atoms with van der Waals surface area (Å²) in [6.07, 6.45) is -0.0291. The summed E-state index contributed by atoms with van der Waals surface area (Å²) in [4.78, 5) is 25.3. The molecule has 0 radical (unpaired) electrons. The van der Waals surface area contributed by atoms with Crippen molar-refractivity contribution < 1.29 is 39.1 Å². The molecule has 8 nitrogen and oxygen atoms in total. The van der Waals surface area contributed by atoms with Crippen LogP contribution >= 0.6 is 0 Å². The van der Waals surface area contributed by atoms with Crippen LogP contribution in [0.5, 0.6) is 11.5 Å². The number of esters is 2. The fraction of sp³-hybridized carbons (Fsp3) is 0.333. The quantitative estimate of drug-likeness (QED) is 0.606. The molecule has 0 saturated heterocycles. The number of hydrogen-bond donors (Lipinski definition) is 3. The average Bonchev–Trinajstić information content (AvgIpc) is 3.28. The molecule has 4 rings (SSSR count). The summed E-state index contributed by atoms with van der Waals surface area (Å²) in [5.41, 5.74) is -1.14. The Hall–Kier alpha value is -3.52. The molecule has 2 aliphatic rings. The van der Waals surface area contributed by atoms with Crippen LogP contribution in [-0.2, 0) is 31.9 Å². The molecule has 2 heterocycles. The minimum absolute atomic E-state index is 0.0114. The lowest BCUT2D eigenvalue weighted by molar-refractivity contribution is -0.169. The molecule has 32 heavy (non-hydrogen) atoms. The highest BCUT2D eigenvalue weighted by Crippen LogP contribution is 2.43. The standard InChI is InChI=1S/C24H24O8/c1-23(2,29)18-11-15-10-13(4-9-17(15)31-18)12-24(22(28)30-3)19(20(26)21(27)32-24)14-5-7-16(25)8-6-14/h4-10,18,25-26,29H,11-12H2,1-3H3/t18-,24-/m1/s1. The van der Waals surface area contributed by atoms with Gasteiger partial charge >= 0.3 is 11.9 Å². The van der Waals surface area contributed by atoms with E-state index in [1.807, 2.05) is 6.07 Å². The molecule has 0 unspecified atom stereocenters. The number of fused-ring (bicyclic) bond motifs is 1. The van der Waals surface area contributed by atoms with Crippen molar-refractivity contribution in [2.45, 2.75) is 44.0 Å². The van der Waals surface area contributed by atoms with E-state index in [4.69, 9.17) is 14.2 Å². The van der Waals surface area contributed by atoms with Crippen molar-refractivity contribution in [2.24, 2.45) is 0 Å². The van der Waals surface area contributed by atoms with Gasteiger partial charge in [-0.1, -0.05) is 24.3 Å². The van der Waals surface area contributed by atoms with E-state index in [0.29, 0.717) is 23.3 Å². The Kier molecular flexibility index (Phi) is 5.13. The predicted octanol–water partition coefficient (Wildman–Crippen LogP) is 2.45. The monoisotopic (exact) mass is 440 g/mol. The van der Waals surface area contributed by atoms with Crippen LogP contribution in [0.15, 0.2) is 48.2 Å². The van der Waals surface area contributed by atoms with Crippen molar-refractivity contribution in [1.29, 1.82) is 0 Å². The van der Waals surface area contributed by atoms with Gasteiger partial charge < -0.3 is 29.5 Å². The van der Waals surface area contributed by atoms with Crippen LogP contribution in [0.4, 0.5) is 0 Å². The molecule has 2 aromatic rings. The highest BCUT2D eigenvalue weighted by atomic mass is 16.6. The summed E-state index contributed by atoms with van der Waals surface area (Å²) in [6, 6.07) is 11.0. The third-order valence-electron chi connectivity index (χ3n) is 5.81. The number of phenols is 1. The van der Waals surface area contributed by atoms with Crippen LogP contribution in [0, 0.1) is 0 Å².